The number of benzene rings is 4. The predicted molar refractivity (Wildman–Crippen MR) is 151 cm³/mol. The van der Waals surface area contributed by atoms with Crippen LogP contribution in [-0.4, -0.2) is 23.4 Å². The fourth-order valence-electron chi connectivity index (χ4n) is 3.93. The highest BCUT2D eigenvalue weighted by Crippen LogP contribution is 2.24. The third-order valence-electron chi connectivity index (χ3n) is 5.75. The van der Waals surface area contributed by atoms with E-state index in [9.17, 15) is 14.4 Å². The molecule has 4 rings (SSSR count). The van der Waals surface area contributed by atoms with Crippen molar-refractivity contribution in [2.24, 2.45) is 0 Å². The van der Waals surface area contributed by atoms with Crippen molar-refractivity contribution in [1.29, 1.82) is 0 Å². The number of carbonyl (C=O) groups is 3. The van der Waals surface area contributed by atoms with E-state index in [-0.39, 0.29) is 18.1 Å². The minimum Gasteiger partial charge on any atom is -0.325 e. The number of carbonyl (C=O) groups excluding carboxylic acids is 3. The summed E-state index contributed by atoms with van der Waals surface area (Å²) in [7, 11) is 0. The summed E-state index contributed by atoms with van der Waals surface area (Å²) in [6.07, 6.45) is 0.195. The molecular formula is C31H28N2O3S. The second kappa shape index (κ2) is 12.2. The van der Waals surface area contributed by atoms with Gasteiger partial charge < -0.3 is 10.6 Å². The molecule has 0 heterocycles. The number of para-hydroxylation sites is 1. The first-order valence-corrected chi connectivity index (χ1v) is 13.1. The predicted octanol–water partition coefficient (Wildman–Crippen LogP) is 6.77. The largest absolute Gasteiger partial charge is 0.325 e. The third-order valence-corrected chi connectivity index (χ3v) is 6.64. The van der Waals surface area contributed by atoms with Crippen LogP contribution in [0.1, 0.15) is 44.3 Å². The lowest BCUT2D eigenvalue weighted by molar-refractivity contribution is -0.115. The van der Waals surface area contributed by atoms with E-state index in [1.165, 1.54) is 0 Å². The summed E-state index contributed by atoms with van der Waals surface area (Å²) in [6, 6.07) is 29.0. The van der Waals surface area contributed by atoms with Crippen molar-refractivity contribution in [1.82, 2.24) is 0 Å². The second-order valence-corrected chi connectivity index (χ2v) is 9.88. The Kier molecular flexibility index (Phi) is 8.54. The maximum Gasteiger partial charge on any atom is 0.257 e. The molecule has 0 radical (unpaired) electrons. The summed E-state index contributed by atoms with van der Waals surface area (Å²) in [5.74, 6) is 0.183. The fourth-order valence-corrected chi connectivity index (χ4v) is 4.59. The summed E-state index contributed by atoms with van der Waals surface area (Å²) in [4.78, 5) is 40.4. The lowest BCUT2D eigenvalue weighted by atomic mass is 9.99. The van der Waals surface area contributed by atoms with Crippen molar-refractivity contribution < 1.29 is 14.4 Å². The first-order valence-electron chi connectivity index (χ1n) is 12.1. The molecule has 2 amide bonds. The van der Waals surface area contributed by atoms with E-state index < -0.39 is 5.91 Å². The first-order chi connectivity index (χ1) is 17.9. The van der Waals surface area contributed by atoms with Gasteiger partial charge in [-0.3, -0.25) is 14.4 Å². The number of nitrogens with one attached hydrogen (secondary N) is 2. The first kappa shape index (κ1) is 25.9. The van der Waals surface area contributed by atoms with Gasteiger partial charge >= 0.3 is 0 Å². The number of hydrogen-bond donors (Lipinski definition) is 2. The van der Waals surface area contributed by atoms with Crippen molar-refractivity contribution in [2.75, 3.05) is 16.4 Å². The SMILES string of the molecule is CCSc1ccc(CC(=O)Nc2ccccc2C(=O)Nc2ccc(C)cc2C(=O)c2ccccc2)cc1. The summed E-state index contributed by atoms with van der Waals surface area (Å²) < 4.78 is 0. The zero-order valence-electron chi connectivity index (χ0n) is 20.8. The molecule has 0 aliphatic heterocycles. The van der Waals surface area contributed by atoms with Crippen LogP contribution in [-0.2, 0) is 11.2 Å². The van der Waals surface area contributed by atoms with E-state index in [2.05, 4.69) is 17.6 Å². The molecule has 2 N–H and O–H groups in total. The number of aryl methyl sites for hydroxylation is 1. The molecule has 0 atom stereocenters. The van der Waals surface area contributed by atoms with E-state index in [1.807, 2.05) is 43.3 Å². The normalized spacial score (nSPS) is 10.5. The lowest BCUT2D eigenvalue weighted by Crippen LogP contribution is -2.20. The van der Waals surface area contributed by atoms with Crippen molar-refractivity contribution in [2.45, 2.75) is 25.2 Å². The standard InChI is InChI=1S/C31H28N2O3S/c1-3-37-24-16-14-22(15-17-24)20-29(34)32-27-12-8-7-11-25(27)31(36)33-28-18-13-21(2)19-26(28)30(35)23-9-5-4-6-10-23/h4-19H,3,20H2,1-2H3,(H,32,34)(H,33,36). The average molecular weight is 509 g/mol. The summed E-state index contributed by atoms with van der Waals surface area (Å²) in [6.45, 7) is 3.99. The maximum absolute atomic E-state index is 13.3. The van der Waals surface area contributed by atoms with Crippen LogP contribution in [0.4, 0.5) is 11.4 Å². The molecule has 4 aromatic rings. The summed E-state index contributed by atoms with van der Waals surface area (Å²) in [5, 5.41) is 5.74. The van der Waals surface area contributed by atoms with Gasteiger partial charge in [-0.2, -0.15) is 0 Å². The molecule has 0 aromatic heterocycles. The Morgan fingerprint density at radius 3 is 2.14 bits per heavy atom. The van der Waals surface area contributed by atoms with Gasteiger partial charge in [0.15, 0.2) is 5.78 Å². The Morgan fingerprint density at radius 1 is 0.730 bits per heavy atom. The zero-order chi connectivity index (χ0) is 26.2. The Labute approximate surface area is 221 Å². The highest BCUT2D eigenvalue weighted by atomic mass is 32.2. The Hall–Kier alpha value is -4.16. The molecular weight excluding hydrogens is 480 g/mol. The maximum atomic E-state index is 13.3. The van der Waals surface area contributed by atoms with Crippen LogP contribution in [0.3, 0.4) is 0 Å². The summed E-state index contributed by atoms with van der Waals surface area (Å²) >= 11 is 1.75. The number of ketones is 1. The minimum absolute atomic E-state index is 0.176. The lowest BCUT2D eigenvalue weighted by Gasteiger charge is -2.14. The van der Waals surface area contributed by atoms with Gasteiger partial charge in [-0.05, 0) is 54.6 Å². The highest BCUT2D eigenvalue weighted by Gasteiger charge is 2.18. The Bertz CT molecular complexity index is 1420. The molecule has 0 saturated heterocycles. The van der Waals surface area contributed by atoms with Gasteiger partial charge in [0, 0.05) is 16.0 Å². The van der Waals surface area contributed by atoms with Gasteiger partial charge in [-0.15, -0.1) is 11.8 Å². The van der Waals surface area contributed by atoms with E-state index in [1.54, 1.807) is 72.4 Å². The van der Waals surface area contributed by atoms with Crippen molar-refractivity contribution >= 4 is 40.7 Å². The van der Waals surface area contributed by atoms with Gasteiger partial charge in [0.1, 0.15) is 0 Å². The molecule has 186 valence electrons. The van der Waals surface area contributed by atoms with Crippen LogP contribution in [0.2, 0.25) is 0 Å². The molecule has 5 nitrogen and oxygen atoms in total. The van der Waals surface area contributed by atoms with Crippen molar-refractivity contribution in [3.05, 3.63) is 125 Å². The molecule has 37 heavy (non-hydrogen) atoms. The number of thioether (sulfide) groups is 1. The zero-order valence-corrected chi connectivity index (χ0v) is 21.6. The van der Waals surface area contributed by atoms with Gasteiger partial charge in [-0.25, -0.2) is 0 Å². The molecule has 0 unspecified atom stereocenters. The van der Waals surface area contributed by atoms with E-state index in [4.69, 9.17) is 0 Å². The van der Waals surface area contributed by atoms with E-state index in [0.717, 1.165) is 21.8 Å². The van der Waals surface area contributed by atoms with Gasteiger partial charge in [0.05, 0.1) is 23.4 Å². The quantitative estimate of drug-likeness (QED) is 0.193. The van der Waals surface area contributed by atoms with Gasteiger partial charge in [-0.1, -0.05) is 73.2 Å². The van der Waals surface area contributed by atoms with Crippen LogP contribution in [0, 0.1) is 6.92 Å². The molecule has 0 fully saturated rings. The number of amides is 2. The number of hydrogen-bond acceptors (Lipinski definition) is 4. The molecule has 0 spiro atoms. The number of rotatable bonds is 9. The average Bonchev–Trinajstić information content (AvgIpc) is 2.91. The Morgan fingerprint density at radius 2 is 1.41 bits per heavy atom. The van der Waals surface area contributed by atoms with E-state index >= 15 is 0 Å². The number of anilines is 2. The van der Waals surface area contributed by atoms with E-state index in [0.29, 0.717) is 28.1 Å². The molecule has 0 bridgehead atoms. The smallest absolute Gasteiger partial charge is 0.257 e. The van der Waals surface area contributed by atoms with Crippen LogP contribution >= 0.6 is 11.8 Å². The monoisotopic (exact) mass is 508 g/mol. The van der Waals surface area contributed by atoms with Crippen LogP contribution in [0.5, 0.6) is 0 Å². The van der Waals surface area contributed by atoms with Crippen LogP contribution in [0.15, 0.2) is 102 Å². The fraction of sp³-hybridized carbons (Fsp3) is 0.129. The topological polar surface area (TPSA) is 75.3 Å². The third kappa shape index (κ3) is 6.74. The van der Waals surface area contributed by atoms with Crippen molar-refractivity contribution in [3.8, 4) is 0 Å². The molecule has 0 aliphatic rings. The van der Waals surface area contributed by atoms with Gasteiger partial charge in [0.25, 0.3) is 5.91 Å². The van der Waals surface area contributed by atoms with Gasteiger partial charge in [0.2, 0.25) is 5.91 Å². The molecule has 4 aromatic carbocycles. The Balaban J connectivity index is 1.51. The molecule has 0 aliphatic carbocycles. The van der Waals surface area contributed by atoms with Crippen LogP contribution in [0.25, 0.3) is 0 Å². The second-order valence-electron chi connectivity index (χ2n) is 8.55. The summed E-state index contributed by atoms with van der Waals surface area (Å²) in [5.41, 5.74) is 3.88. The molecule has 6 heteroatoms. The van der Waals surface area contributed by atoms with Crippen molar-refractivity contribution in [3.63, 3.8) is 0 Å². The molecule has 0 saturated carbocycles. The minimum atomic E-state index is -0.414. The van der Waals surface area contributed by atoms with Crippen LogP contribution < -0.4 is 10.6 Å². The highest BCUT2D eigenvalue weighted by molar-refractivity contribution is 7.99.